The highest BCUT2D eigenvalue weighted by atomic mass is 14.9. The lowest BCUT2D eigenvalue weighted by atomic mass is 9.85. The normalized spacial score (nSPS) is 11.2. The molecule has 0 atom stereocenters. The molecule has 648 valence electrons. The summed E-state index contributed by atoms with van der Waals surface area (Å²) in [4.78, 5) is 45.1. The van der Waals surface area contributed by atoms with Gasteiger partial charge in [0, 0.05) is 69.9 Å². The molecule has 21 aromatic rings. The maximum Gasteiger partial charge on any atom is 0.0973 e. The van der Waals surface area contributed by atoms with Gasteiger partial charge in [0.2, 0.25) is 0 Å². The maximum atomic E-state index is 5.40. The van der Waals surface area contributed by atoms with Crippen LogP contribution >= 0.6 is 0 Å². The molecule has 6 heterocycles. The van der Waals surface area contributed by atoms with Crippen molar-refractivity contribution in [2.24, 2.45) is 0 Å². The number of nitrogens with zero attached hydrogens (tertiary/aromatic N) is 9. The van der Waals surface area contributed by atoms with Crippen molar-refractivity contribution >= 4 is 33.1 Å². The molecule has 0 aliphatic heterocycles. The van der Waals surface area contributed by atoms with Gasteiger partial charge in [-0.3, -0.25) is 15.0 Å². The zero-order valence-electron chi connectivity index (χ0n) is 78.2. The second-order valence-electron chi connectivity index (χ2n) is 36.0. The second kappa shape index (κ2) is 37.7. The van der Waals surface area contributed by atoms with Gasteiger partial charge >= 0.3 is 0 Å². The Morgan fingerprint density at radius 1 is 0.157 bits per heavy atom. The zero-order chi connectivity index (χ0) is 92.4. The van der Waals surface area contributed by atoms with Crippen molar-refractivity contribution in [1.82, 2.24) is 44.9 Å². The van der Waals surface area contributed by atoms with Crippen molar-refractivity contribution in [3.8, 4) is 168 Å². The highest BCUT2D eigenvalue weighted by Gasteiger charge is 2.25. The summed E-state index contributed by atoms with van der Waals surface area (Å²) in [5.41, 5.74) is 55.1. The van der Waals surface area contributed by atoms with Crippen LogP contribution in [0.15, 0.2) is 371 Å². The lowest BCUT2D eigenvalue weighted by molar-refractivity contribution is 1.28. The molecule has 0 aliphatic rings. The van der Waals surface area contributed by atoms with Crippen LogP contribution in [0.4, 0.5) is 0 Å². The Labute approximate surface area is 786 Å². The molecule has 9 heteroatoms. The van der Waals surface area contributed by atoms with Crippen molar-refractivity contribution < 1.29 is 0 Å². The standard InChI is InChI=1S/C43H37N3.2C41H33N3/c1-26-20-28(3)40(29(4)21-26)35-24-38-39(25-36(35)41-30(5)22-27(2)23-31(41)6)46-43(42(45-38)33-12-8-7-9-13-33)34-17-15-32(16-18-34)37-14-10-11-19-44-37;1-26-17-27(2)20-34(19-26)36-23-38-39(24-37(36)35-21-28(3)18-29(4)22-35)44-41(40(43-38)31-9-6-5-7-10-31)32-14-12-30(13-15-32)33-11-8-16-42-25-33;1-26-18-27(2)21-34(20-26)36-24-38-39(25-37(36)35-22-28(3)19-29(4)23-35)44-41(40(43-38)32-8-6-5-7-9-32)33-12-10-30(11-13-33)31-14-16-42-17-15-31/h7-25H,1-6H3;2*5-25H,1-4H3. The Balaban J connectivity index is 0.000000129. The van der Waals surface area contributed by atoms with E-state index in [-0.39, 0.29) is 0 Å². The first-order valence-corrected chi connectivity index (χ1v) is 45.9. The van der Waals surface area contributed by atoms with E-state index in [1.165, 1.54) is 122 Å². The van der Waals surface area contributed by atoms with E-state index in [2.05, 4.69) is 397 Å². The number of hydrogen-bond acceptors (Lipinski definition) is 9. The quantitative estimate of drug-likeness (QED) is 0.0989. The lowest BCUT2D eigenvalue weighted by Gasteiger charge is -2.20. The molecule has 9 nitrogen and oxygen atoms in total. The summed E-state index contributed by atoms with van der Waals surface area (Å²) in [5.74, 6) is 0. The molecule has 0 N–H and O–H groups in total. The van der Waals surface area contributed by atoms with E-state index in [9.17, 15) is 0 Å². The zero-order valence-corrected chi connectivity index (χ0v) is 78.2. The van der Waals surface area contributed by atoms with Gasteiger partial charge in [0.05, 0.1) is 73.0 Å². The smallest absolute Gasteiger partial charge is 0.0973 e. The molecular weight excluding hydrogens is 1630 g/mol. The van der Waals surface area contributed by atoms with E-state index in [0.29, 0.717) is 0 Å². The van der Waals surface area contributed by atoms with Gasteiger partial charge in [0.15, 0.2) is 0 Å². The SMILES string of the molecule is Cc1cc(C)c(-c2cc3nc(-c4ccccc4)c(-c4ccc(-c5ccccn5)cc4)nc3cc2-c2c(C)cc(C)cc2C)c(C)c1.Cc1cc(C)cc(-c2cc3nc(-c4ccccc4)c(-c4ccc(-c5cccnc5)cc4)nc3cc2-c2cc(C)cc(C)c2)c1.Cc1cc(C)cc(-c2cc3nc(-c4ccccc4)c(-c4ccc(-c5ccncc5)cc4)nc3cc2-c2cc(C)cc(C)c2)c1. The highest BCUT2D eigenvalue weighted by molar-refractivity contribution is 6.01. The molecule has 0 amide bonds. The molecule has 0 radical (unpaired) electrons. The Bertz CT molecular complexity index is 7560. The molecule has 0 fully saturated rings. The first kappa shape index (κ1) is 87.1. The minimum Gasteiger partial charge on any atom is -0.265 e. The predicted molar refractivity (Wildman–Crippen MR) is 560 cm³/mol. The minimum absolute atomic E-state index is 0.866. The van der Waals surface area contributed by atoms with Gasteiger partial charge in [-0.1, -0.05) is 329 Å². The molecule has 0 bridgehead atoms. The van der Waals surface area contributed by atoms with Crippen molar-refractivity contribution in [3.63, 3.8) is 0 Å². The van der Waals surface area contributed by atoms with E-state index in [1.54, 1.807) is 6.20 Å². The van der Waals surface area contributed by atoms with Crippen LogP contribution in [0, 0.1) is 96.9 Å². The molecule has 0 saturated heterocycles. The molecule has 21 rings (SSSR count). The van der Waals surface area contributed by atoms with Gasteiger partial charge in [-0.15, -0.1) is 0 Å². The number of rotatable bonds is 15. The average Bonchev–Trinajstić information content (AvgIpc) is 0.743. The van der Waals surface area contributed by atoms with Crippen molar-refractivity contribution in [3.05, 3.63) is 449 Å². The van der Waals surface area contributed by atoms with Crippen molar-refractivity contribution in [1.29, 1.82) is 0 Å². The largest absolute Gasteiger partial charge is 0.265 e. The van der Waals surface area contributed by atoms with Gasteiger partial charge in [-0.05, 0) is 275 Å². The number of aromatic nitrogens is 9. The number of hydrogen-bond donors (Lipinski definition) is 0. The van der Waals surface area contributed by atoms with Crippen LogP contribution in [0.25, 0.3) is 201 Å². The fraction of sp³-hybridized carbons (Fsp3) is 0.112. The molecule has 0 spiro atoms. The van der Waals surface area contributed by atoms with E-state index in [0.717, 1.165) is 156 Å². The van der Waals surface area contributed by atoms with Gasteiger partial charge in [0.25, 0.3) is 0 Å². The van der Waals surface area contributed by atoms with Crippen LogP contribution in [-0.2, 0) is 0 Å². The summed E-state index contributed by atoms with van der Waals surface area (Å²) in [6, 6.07) is 120. The molecule has 6 aromatic heterocycles. The molecular formula is C125H103N9. The van der Waals surface area contributed by atoms with Crippen molar-refractivity contribution in [2.75, 3.05) is 0 Å². The molecule has 15 aromatic carbocycles. The minimum atomic E-state index is 0.866. The Morgan fingerprint density at radius 2 is 0.403 bits per heavy atom. The fourth-order valence-electron chi connectivity index (χ4n) is 19.5. The van der Waals surface area contributed by atoms with Gasteiger partial charge in [-0.2, -0.15) is 0 Å². The summed E-state index contributed by atoms with van der Waals surface area (Å²) in [6.07, 6.45) is 9.17. The van der Waals surface area contributed by atoms with E-state index in [4.69, 9.17) is 29.9 Å². The third-order valence-corrected chi connectivity index (χ3v) is 25.0. The number of benzene rings is 15. The van der Waals surface area contributed by atoms with Crippen LogP contribution in [0.3, 0.4) is 0 Å². The van der Waals surface area contributed by atoms with Crippen LogP contribution in [0.1, 0.15) is 77.9 Å². The Kier molecular flexibility index (Phi) is 24.5. The molecule has 0 aliphatic carbocycles. The molecule has 0 unspecified atom stereocenters. The first-order chi connectivity index (χ1) is 65.1. The van der Waals surface area contributed by atoms with Crippen molar-refractivity contribution in [2.45, 2.75) is 96.9 Å². The summed E-state index contributed by atoms with van der Waals surface area (Å²) < 4.78 is 0. The van der Waals surface area contributed by atoms with Gasteiger partial charge < -0.3 is 0 Å². The predicted octanol–water partition coefficient (Wildman–Crippen LogP) is 32.4. The van der Waals surface area contributed by atoms with Crippen LogP contribution in [-0.4, -0.2) is 44.9 Å². The van der Waals surface area contributed by atoms with Crippen LogP contribution < -0.4 is 0 Å². The third kappa shape index (κ3) is 18.7. The maximum absolute atomic E-state index is 5.40. The van der Waals surface area contributed by atoms with E-state index >= 15 is 0 Å². The Morgan fingerprint density at radius 3 is 0.687 bits per heavy atom. The molecule has 0 saturated carbocycles. The second-order valence-corrected chi connectivity index (χ2v) is 36.0. The summed E-state index contributed by atoms with van der Waals surface area (Å²) in [7, 11) is 0. The Hall–Kier alpha value is -16.2. The third-order valence-electron chi connectivity index (χ3n) is 25.0. The van der Waals surface area contributed by atoms with Crippen LogP contribution in [0.5, 0.6) is 0 Å². The van der Waals surface area contributed by atoms with E-state index in [1.807, 2.05) is 79.4 Å². The number of aryl methyl sites for hydroxylation is 14. The fourth-order valence-corrected chi connectivity index (χ4v) is 19.5. The monoisotopic (exact) mass is 1730 g/mol. The summed E-state index contributed by atoms with van der Waals surface area (Å²) in [6.45, 7) is 30.5. The summed E-state index contributed by atoms with van der Waals surface area (Å²) >= 11 is 0. The number of fused-ring (bicyclic) bond motifs is 3. The van der Waals surface area contributed by atoms with Crippen LogP contribution in [0.2, 0.25) is 0 Å². The first-order valence-electron chi connectivity index (χ1n) is 45.9. The van der Waals surface area contributed by atoms with Gasteiger partial charge in [-0.25, -0.2) is 29.9 Å². The topological polar surface area (TPSA) is 116 Å². The van der Waals surface area contributed by atoms with Gasteiger partial charge in [0.1, 0.15) is 0 Å². The average molecular weight is 1730 g/mol. The summed E-state index contributed by atoms with van der Waals surface area (Å²) in [5, 5.41) is 0. The number of pyridine rings is 3. The van der Waals surface area contributed by atoms with E-state index < -0.39 is 0 Å². The lowest BCUT2D eigenvalue weighted by Crippen LogP contribution is -2.00. The molecule has 134 heavy (non-hydrogen) atoms. The highest BCUT2D eigenvalue weighted by Crippen LogP contribution is 2.47.